The summed E-state index contributed by atoms with van der Waals surface area (Å²) >= 11 is 0. The molecule has 4 nitrogen and oxygen atoms in total. The second-order valence-corrected chi connectivity index (χ2v) is 7.20. The SMILES string of the molecule is C=CCOc1ccc2ccccc2c1C1Nc2ccccc2C(=O)N1C(C)C. The number of rotatable bonds is 5. The highest BCUT2D eigenvalue weighted by atomic mass is 16.5. The van der Waals surface area contributed by atoms with Crippen molar-refractivity contribution in [1.29, 1.82) is 0 Å². The van der Waals surface area contributed by atoms with Gasteiger partial charge < -0.3 is 15.0 Å². The van der Waals surface area contributed by atoms with Gasteiger partial charge in [-0.25, -0.2) is 0 Å². The number of fused-ring (bicyclic) bond motifs is 2. The maximum absolute atomic E-state index is 13.3. The van der Waals surface area contributed by atoms with Crippen LogP contribution in [0.15, 0.2) is 73.3 Å². The number of hydrogen-bond donors (Lipinski definition) is 1. The molecule has 0 radical (unpaired) electrons. The number of nitrogens with zero attached hydrogens (tertiary/aromatic N) is 1. The van der Waals surface area contributed by atoms with E-state index in [9.17, 15) is 4.79 Å². The van der Waals surface area contributed by atoms with Crippen LogP contribution in [0.2, 0.25) is 0 Å². The minimum absolute atomic E-state index is 0.0181. The molecule has 0 bridgehead atoms. The number of benzene rings is 3. The fraction of sp³-hybridized carbons (Fsp3) is 0.208. The van der Waals surface area contributed by atoms with Gasteiger partial charge in [0.1, 0.15) is 18.5 Å². The fourth-order valence-electron chi connectivity index (χ4n) is 3.84. The first-order valence-electron chi connectivity index (χ1n) is 9.55. The Balaban J connectivity index is 1.94. The lowest BCUT2D eigenvalue weighted by atomic mass is 9.96. The maximum Gasteiger partial charge on any atom is 0.258 e. The molecule has 1 N–H and O–H groups in total. The van der Waals surface area contributed by atoms with E-state index in [1.165, 1.54) is 0 Å². The highest BCUT2D eigenvalue weighted by Crippen LogP contribution is 2.41. The van der Waals surface area contributed by atoms with Gasteiger partial charge in [0.25, 0.3) is 5.91 Å². The maximum atomic E-state index is 13.3. The first-order valence-corrected chi connectivity index (χ1v) is 9.55. The van der Waals surface area contributed by atoms with E-state index in [4.69, 9.17) is 4.74 Å². The van der Waals surface area contributed by atoms with Crippen LogP contribution in [0.5, 0.6) is 5.75 Å². The van der Waals surface area contributed by atoms with Gasteiger partial charge in [-0.05, 0) is 42.8 Å². The van der Waals surface area contributed by atoms with E-state index in [1.54, 1.807) is 6.08 Å². The summed E-state index contributed by atoms with van der Waals surface area (Å²) in [4.78, 5) is 15.2. The van der Waals surface area contributed by atoms with Crippen LogP contribution in [0.3, 0.4) is 0 Å². The summed E-state index contributed by atoms with van der Waals surface area (Å²) in [5, 5.41) is 5.76. The smallest absolute Gasteiger partial charge is 0.258 e. The van der Waals surface area contributed by atoms with Crippen molar-refractivity contribution in [3.8, 4) is 5.75 Å². The Hall–Kier alpha value is -3.27. The molecule has 1 aliphatic heterocycles. The molecule has 1 heterocycles. The molecule has 4 rings (SSSR count). The Bertz CT molecular complexity index is 1040. The van der Waals surface area contributed by atoms with Crippen molar-refractivity contribution in [1.82, 2.24) is 4.90 Å². The van der Waals surface area contributed by atoms with Gasteiger partial charge in [-0.2, -0.15) is 0 Å². The van der Waals surface area contributed by atoms with Gasteiger partial charge in [-0.1, -0.05) is 55.1 Å². The van der Waals surface area contributed by atoms with Gasteiger partial charge in [0.2, 0.25) is 0 Å². The number of amides is 1. The molecular weight excluding hydrogens is 348 g/mol. The summed E-state index contributed by atoms with van der Waals surface area (Å²) in [5.74, 6) is 0.783. The quantitative estimate of drug-likeness (QED) is 0.612. The Morgan fingerprint density at radius 1 is 1.11 bits per heavy atom. The van der Waals surface area contributed by atoms with Crippen molar-refractivity contribution in [2.24, 2.45) is 0 Å². The van der Waals surface area contributed by atoms with E-state index in [2.05, 4.69) is 30.1 Å². The summed E-state index contributed by atoms with van der Waals surface area (Å²) < 4.78 is 6.00. The molecule has 0 saturated carbocycles. The van der Waals surface area contributed by atoms with Gasteiger partial charge in [0.05, 0.1) is 5.56 Å². The predicted octanol–water partition coefficient (Wildman–Crippen LogP) is 5.38. The van der Waals surface area contributed by atoms with Gasteiger partial charge >= 0.3 is 0 Å². The molecule has 1 amide bonds. The molecule has 28 heavy (non-hydrogen) atoms. The lowest BCUT2D eigenvalue weighted by Gasteiger charge is -2.41. The number of ether oxygens (including phenoxy) is 1. The summed E-state index contributed by atoms with van der Waals surface area (Å²) in [7, 11) is 0. The lowest BCUT2D eigenvalue weighted by Crippen LogP contribution is -2.46. The summed E-state index contributed by atoms with van der Waals surface area (Å²) in [6.07, 6.45) is 1.40. The minimum Gasteiger partial charge on any atom is -0.489 e. The standard InChI is InChI=1S/C24H24N2O2/c1-4-15-28-21-14-13-17-9-5-6-10-18(17)22(21)23-25-20-12-8-7-11-19(20)24(27)26(23)16(2)3/h4-14,16,23,25H,1,15H2,2-3H3. The zero-order chi connectivity index (χ0) is 19.7. The van der Waals surface area contributed by atoms with Crippen LogP contribution < -0.4 is 10.1 Å². The Morgan fingerprint density at radius 2 is 1.86 bits per heavy atom. The van der Waals surface area contributed by atoms with Crippen molar-refractivity contribution in [3.05, 3.63) is 84.4 Å². The van der Waals surface area contributed by atoms with Crippen LogP contribution in [-0.4, -0.2) is 23.5 Å². The first kappa shape index (κ1) is 18.1. The van der Waals surface area contributed by atoms with E-state index in [1.807, 2.05) is 61.2 Å². The Labute approximate surface area is 165 Å². The molecule has 0 aliphatic carbocycles. The average Bonchev–Trinajstić information content (AvgIpc) is 2.71. The van der Waals surface area contributed by atoms with Crippen LogP contribution in [0.4, 0.5) is 5.69 Å². The number of anilines is 1. The van der Waals surface area contributed by atoms with E-state index < -0.39 is 0 Å². The van der Waals surface area contributed by atoms with Gasteiger partial charge in [0, 0.05) is 17.3 Å². The van der Waals surface area contributed by atoms with Crippen molar-refractivity contribution in [2.45, 2.75) is 26.1 Å². The topological polar surface area (TPSA) is 41.6 Å². The average molecular weight is 372 g/mol. The number of carbonyl (C=O) groups excluding carboxylic acids is 1. The zero-order valence-corrected chi connectivity index (χ0v) is 16.2. The highest BCUT2D eigenvalue weighted by Gasteiger charge is 2.36. The van der Waals surface area contributed by atoms with Crippen LogP contribution in [-0.2, 0) is 0 Å². The van der Waals surface area contributed by atoms with Crippen LogP contribution >= 0.6 is 0 Å². The fourth-order valence-corrected chi connectivity index (χ4v) is 3.84. The Kier molecular flexibility index (Phi) is 4.78. The molecule has 4 heteroatoms. The van der Waals surface area contributed by atoms with Crippen LogP contribution in [0.1, 0.15) is 35.9 Å². The van der Waals surface area contributed by atoms with Crippen LogP contribution in [0.25, 0.3) is 10.8 Å². The number of para-hydroxylation sites is 1. The van der Waals surface area contributed by atoms with Crippen molar-refractivity contribution in [2.75, 3.05) is 11.9 Å². The predicted molar refractivity (Wildman–Crippen MR) is 114 cm³/mol. The molecule has 0 aromatic heterocycles. The first-order chi connectivity index (χ1) is 13.6. The summed E-state index contributed by atoms with van der Waals surface area (Å²) in [6.45, 7) is 8.24. The van der Waals surface area contributed by atoms with E-state index in [0.29, 0.717) is 12.2 Å². The van der Waals surface area contributed by atoms with Crippen molar-refractivity contribution in [3.63, 3.8) is 0 Å². The summed E-state index contributed by atoms with van der Waals surface area (Å²) in [6, 6.07) is 19.9. The molecule has 0 fully saturated rings. The molecule has 1 unspecified atom stereocenters. The van der Waals surface area contributed by atoms with Gasteiger partial charge in [-0.15, -0.1) is 0 Å². The Morgan fingerprint density at radius 3 is 2.64 bits per heavy atom. The molecule has 0 spiro atoms. The zero-order valence-electron chi connectivity index (χ0n) is 16.2. The molecule has 3 aromatic rings. The number of hydrogen-bond acceptors (Lipinski definition) is 3. The molecule has 0 saturated heterocycles. The third kappa shape index (κ3) is 3.01. The highest BCUT2D eigenvalue weighted by molar-refractivity contribution is 6.02. The molecule has 1 aliphatic rings. The molecule has 142 valence electrons. The van der Waals surface area contributed by atoms with Crippen LogP contribution in [0, 0.1) is 0 Å². The number of nitrogens with one attached hydrogen (secondary N) is 1. The molecule has 3 aromatic carbocycles. The normalized spacial score (nSPS) is 16.0. The monoisotopic (exact) mass is 372 g/mol. The van der Waals surface area contributed by atoms with Gasteiger partial charge in [0.15, 0.2) is 0 Å². The van der Waals surface area contributed by atoms with E-state index >= 15 is 0 Å². The molecule has 1 atom stereocenters. The number of carbonyl (C=O) groups is 1. The third-order valence-electron chi connectivity index (χ3n) is 5.08. The van der Waals surface area contributed by atoms with E-state index in [-0.39, 0.29) is 18.1 Å². The second-order valence-electron chi connectivity index (χ2n) is 7.20. The van der Waals surface area contributed by atoms with Crippen molar-refractivity contribution >= 4 is 22.4 Å². The minimum atomic E-state index is -0.326. The lowest BCUT2D eigenvalue weighted by molar-refractivity contribution is 0.0616. The van der Waals surface area contributed by atoms with Crippen molar-refractivity contribution < 1.29 is 9.53 Å². The third-order valence-corrected chi connectivity index (χ3v) is 5.08. The van der Waals surface area contributed by atoms with Gasteiger partial charge in [-0.3, -0.25) is 4.79 Å². The second kappa shape index (κ2) is 7.39. The molecular formula is C24H24N2O2. The summed E-state index contributed by atoms with van der Waals surface area (Å²) in [5.41, 5.74) is 2.51. The largest absolute Gasteiger partial charge is 0.489 e. The van der Waals surface area contributed by atoms with E-state index in [0.717, 1.165) is 27.8 Å².